The van der Waals surface area contributed by atoms with E-state index in [1.165, 1.54) is 0 Å². The third-order valence-corrected chi connectivity index (χ3v) is 3.88. The van der Waals surface area contributed by atoms with E-state index in [2.05, 4.69) is 10.3 Å². The highest BCUT2D eigenvalue weighted by Gasteiger charge is 2.12. The summed E-state index contributed by atoms with van der Waals surface area (Å²) in [6.45, 7) is 4.80. The molecule has 6 nitrogen and oxygen atoms in total. The molecule has 25 heavy (non-hydrogen) atoms. The smallest absolute Gasteiger partial charge is 0.251 e. The van der Waals surface area contributed by atoms with Crippen molar-refractivity contribution in [2.45, 2.75) is 20.4 Å². The number of rotatable bonds is 6. The van der Waals surface area contributed by atoms with Crippen molar-refractivity contribution >= 4 is 11.6 Å². The molecule has 0 unspecified atom stereocenters. The zero-order chi connectivity index (χ0) is 17.8. The number of pyridine rings is 1. The van der Waals surface area contributed by atoms with Crippen LogP contribution < -0.4 is 14.8 Å². The first-order valence-corrected chi connectivity index (χ1v) is 8.14. The van der Waals surface area contributed by atoms with Gasteiger partial charge in [0.15, 0.2) is 11.5 Å². The molecule has 1 amide bonds. The summed E-state index contributed by atoms with van der Waals surface area (Å²) in [5.41, 5.74) is 3.31. The minimum atomic E-state index is -0.185. The van der Waals surface area contributed by atoms with Crippen molar-refractivity contribution in [3.8, 4) is 11.5 Å². The Morgan fingerprint density at radius 1 is 1.28 bits per heavy atom. The minimum absolute atomic E-state index is 0.185. The van der Waals surface area contributed by atoms with Gasteiger partial charge in [0.25, 0.3) is 5.91 Å². The van der Waals surface area contributed by atoms with Gasteiger partial charge in [-0.1, -0.05) is 6.07 Å². The van der Waals surface area contributed by atoms with Crippen molar-refractivity contribution in [2.75, 3.05) is 13.7 Å². The Bertz CT molecular complexity index is 902. The molecule has 2 aromatic heterocycles. The molecular formula is C19H21N3O3. The fraction of sp³-hybridized carbons (Fsp3) is 0.263. The molecule has 0 radical (unpaired) electrons. The number of benzene rings is 1. The first-order chi connectivity index (χ1) is 12.1. The van der Waals surface area contributed by atoms with Crippen molar-refractivity contribution in [3.63, 3.8) is 0 Å². The van der Waals surface area contributed by atoms with Crippen molar-refractivity contribution in [2.24, 2.45) is 0 Å². The van der Waals surface area contributed by atoms with Gasteiger partial charge in [-0.2, -0.15) is 0 Å². The summed E-state index contributed by atoms with van der Waals surface area (Å²) in [4.78, 5) is 16.9. The number of hydrogen-bond acceptors (Lipinski definition) is 4. The molecule has 1 aromatic carbocycles. The van der Waals surface area contributed by atoms with E-state index in [1.807, 2.05) is 42.8 Å². The van der Waals surface area contributed by atoms with E-state index in [9.17, 15) is 4.79 Å². The maximum atomic E-state index is 12.4. The van der Waals surface area contributed by atoms with E-state index >= 15 is 0 Å². The predicted octanol–water partition coefficient (Wildman–Crippen LogP) is 2.98. The number of fused-ring (bicyclic) bond motifs is 1. The highest BCUT2D eigenvalue weighted by atomic mass is 16.5. The van der Waals surface area contributed by atoms with Crippen LogP contribution in [0.1, 0.15) is 28.5 Å². The van der Waals surface area contributed by atoms with E-state index in [4.69, 9.17) is 9.47 Å². The fourth-order valence-corrected chi connectivity index (χ4v) is 2.65. The lowest BCUT2D eigenvalue weighted by molar-refractivity contribution is 0.0950. The molecule has 0 bridgehead atoms. The van der Waals surface area contributed by atoms with Gasteiger partial charge in [-0.05, 0) is 43.7 Å². The molecule has 3 aromatic rings. The van der Waals surface area contributed by atoms with Crippen LogP contribution in [0.3, 0.4) is 0 Å². The first-order valence-electron chi connectivity index (χ1n) is 8.14. The Labute approximate surface area is 146 Å². The molecule has 0 atom stereocenters. The van der Waals surface area contributed by atoms with Gasteiger partial charge in [-0.15, -0.1) is 0 Å². The van der Waals surface area contributed by atoms with Crippen molar-refractivity contribution in [1.29, 1.82) is 0 Å². The Morgan fingerprint density at radius 3 is 2.84 bits per heavy atom. The van der Waals surface area contributed by atoms with Crippen LogP contribution in [0.5, 0.6) is 11.5 Å². The zero-order valence-corrected chi connectivity index (χ0v) is 14.6. The van der Waals surface area contributed by atoms with Crippen LogP contribution >= 0.6 is 0 Å². The number of methoxy groups -OCH3 is 1. The first kappa shape index (κ1) is 16.8. The fourth-order valence-electron chi connectivity index (χ4n) is 2.65. The summed E-state index contributed by atoms with van der Waals surface area (Å²) in [7, 11) is 1.55. The lowest BCUT2D eigenvalue weighted by Crippen LogP contribution is -2.23. The van der Waals surface area contributed by atoms with Crippen molar-refractivity contribution in [3.05, 3.63) is 59.5 Å². The molecule has 0 aliphatic rings. The Kier molecular flexibility index (Phi) is 4.88. The highest BCUT2D eigenvalue weighted by molar-refractivity contribution is 5.94. The number of ether oxygens (including phenoxy) is 2. The van der Waals surface area contributed by atoms with Crippen LogP contribution in [0.15, 0.2) is 42.7 Å². The molecule has 0 spiro atoms. The van der Waals surface area contributed by atoms with Crippen LogP contribution in [-0.4, -0.2) is 29.0 Å². The SMILES string of the molecule is CCOc1ccc(C(=O)NCc2cn3cccc(C)c3n2)cc1OC. The molecule has 2 heterocycles. The molecule has 130 valence electrons. The summed E-state index contributed by atoms with van der Waals surface area (Å²) >= 11 is 0. The summed E-state index contributed by atoms with van der Waals surface area (Å²) < 4.78 is 12.7. The minimum Gasteiger partial charge on any atom is -0.493 e. The second-order valence-electron chi connectivity index (χ2n) is 5.64. The zero-order valence-electron chi connectivity index (χ0n) is 14.6. The lowest BCUT2D eigenvalue weighted by atomic mass is 10.2. The normalized spacial score (nSPS) is 10.7. The quantitative estimate of drug-likeness (QED) is 0.750. The number of carbonyl (C=O) groups is 1. The van der Waals surface area contributed by atoms with Crippen LogP contribution in [0.2, 0.25) is 0 Å². The van der Waals surface area contributed by atoms with Crippen LogP contribution in [0.25, 0.3) is 5.65 Å². The van der Waals surface area contributed by atoms with E-state index in [-0.39, 0.29) is 5.91 Å². The number of imidazole rings is 1. The molecule has 0 saturated carbocycles. The largest absolute Gasteiger partial charge is 0.493 e. The van der Waals surface area contributed by atoms with Gasteiger partial charge in [-0.25, -0.2) is 4.98 Å². The molecule has 0 fully saturated rings. The van der Waals surface area contributed by atoms with Crippen LogP contribution in [0, 0.1) is 6.92 Å². The molecule has 0 aliphatic carbocycles. The van der Waals surface area contributed by atoms with E-state index in [1.54, 1.807) is 25.3 Å². The lowest BCUT2D eigenvalue weighted by Gasteiger charge is -2.11. The second kappa shape index (κ2) is 7.25. The van der Waals surface area contributed by atoms with Crippen molar-refractivity contribution < 1.29 is 14.3 Å². The standard InChI is InChI=1S/C19H21N3O3/c1-4-25-16-8-7-14(10-17(16)24-3)19(23)20-11-15-12-22-9-5-6-13(2)18(22)21-15/h5-10,12H,4,11H2,1-3H3,(H,20,23). The molecule has 0 aliphatic heterocycles. The Balaban J connectivity index is 1.72. The Morgan fingerprint density at radius 2 is 2.12 bits per heavy atom. The van der Waals surface area contributed by atoms with Crippen LogP contribution in [-0.2, 0) is 6.54 Å². The maximum absolute atomic E-state index is 12.4. The second-order valence-corrected chi connectivity index (χ2v) is 5.64. The highest BCUT2D eigenvalue weighted by Crippen LogP contribution is 2.28. The number of aryl methyl sites for hydroxylation is 1. The molecule has 1 N–H and O–H groups in total. The topological polar surface area (TPSA) is 64.9 Å². The van der Waals surface area contributed by atoms with Gasteiger partial charge >= 0.3 is 0 Å². The average Bonchev–Trinajstić information content (AvgIpc) is 3.05. The third-order valence-electron chi connectivity index (χ3n) is 3.88. The van der Waals surface area contributed by atoms with Gasteiger partial charge in [0.2, 0.25) is 0 Å². The average molecular weight is 339 g/mol. The summed E-state index contributed by atoms with van der Waals surface area (Å²) in [5.74, 6) is 0.977. The number of aromatic nitrogens is 2. The van der Waals surface area contributed by atoms with E-state index in [0.717, 1.165) is 16.9 Å². The summed E-state index contributed by atoms with van der Waals surface area (Å²) in [6, 6.07) is 9.12. The Hall–Kier alpha value is -3.02. The monoisotopic (exact) mass is 339 g/mol. The summed E-state index contributed by atoms with van der Waals surface area (Å²) in [5, 5.41) is 2.89. The number of nitrogens with zero attached hydrogens (tertiary/aromatic N) is 2. The van der Waals surface area contributed by atoms with E-state index in [0.29, 0.717) is 30.2 Å². The molecular weight excluding hydrogens is 318 g/mol. The van der Waals surface area contributed by atoms with Gasteiger partial charge < -0.3 is 19.2 Å². The molecule has 6 heteroatoms. The summed E-state index contributed by atoms with van der Waals surface area (Å²) in [6.07, 6.45) is 3.86. The molecule has 0 saturated heterocycles. The van der Waals surface area contributed by atoms with E-state index < -0.39 is 0 Å². The van der Waals surface area contributed by atoms with Gasteiger partial charge in [-0.3, -0.25) is 4.79 Å². The molecule has 3 rings (SSSR count). The number of amides is 1. The van der Waals surface area contributed by atoms with Crippen molar-refractivity contribution in [1.82, 2.24) is 14.7 Å². The van der Waals surface area contributed by atoms with Crippen LogP contribution in [0.4, 0.5) is 0 Å². The predicted molar refractivity (Wildman–Crippen MR) is 95.3 cm³/mol. The number of carbonyl (C=O) groups excluding carboxylic acids is 1. The number of nitrogens with one attached hydrogen (secondary N) is 1. The maximum Gasteiger partial charge on any atom is 0.251 e. The van der Waals surface area contributed by atoms with Gasteiger partial charge in [0.05, 0.1) is 26.0 Å². The third kappa shape index (κ3) is 3.57. The number of hydrogen-bond donors (Lipinski definition) is 1. The van der Waals surface area contributed by atoms with Gasteiger partial charge in [0.1, 0.15) is 5.65 Å². The van der Waals surface area contributed by atoms with Gasteiger partial charge in [0, 0.05) is 18.0 Å².